The molecule has 1 aliphatic rings. The largest absolute Gasteiger partial charge is 0.380 e. The third-order valence-electron chi connectivity index (χ3n) is 1.86. The Balaban J connectivity index is 2.01. The lowest BCUT2D eigenvalue weighted by molar-refractivity contribution is -0.389. The van der Waals surface area contributed by atoms with Gasteiger partial charge in [-0.25, -0.2) is 5.06 Å². The molecule has 2 rings (SSSR count). The fourth-order valence-electron chi connectivity index (χ4n) is 1.20. The third kappa shape index (κ3) is 1.78. The van der Waals surface area contributed by atoms with Gasteiger partial charge in [-0.2, -0.15) is 0 Å². The number of nitrogens with two attached hydrogens (primary N) is 1. The molecule has 0 atom stereocenters. The second-order valence-corrected chi connectivity index (χ2v) is 2.97. The number of nitrogens with zero attached hydrogens (tertiary/aromatic N) is 2. The van der Waals surface area contributed by atoms with Crippen molar-refractivity contribution in [3.05, 3.63) is 47.9 Å². The van der Waals surface area contributed by atoms with Crippen LogP contribution in [0.25, 0.3) is 0 Å². The summed E-state index contributed by atoms with van der Waals surface area (Å²) in [6, 6.07) is 9.75. The van der Waals surface area contributed by atoms with Crippen molar-refractivity contribution in [1.82, 2.24) is 10.3 Å². The number of rotatable bonds is 2. The van der Waals surface area contributed by atoms with Crippen LogP contribution in [0.1, 0.15) is 5.56 Å². The molecule has 1 aliphatic heterocycles. The van der Waals surface area contributed by atoms with Gasteiger partial charge in [-0.1, -0.05) is 35.6 Å². The van der Waals surface area contributed by atoms with Crippen LogP contribution >= 0.6 is 0 Å². The highest BCUT2D eigenvalue weighted by molar-refractivity contribution is 5.14. The van der Waals surface area contributed by atoms with Crippen LogP contribution in [-0.2, 0) is 11.5 Å². The van der Waals surface area contributed by atoms with Crippen LogP contribution in [0.2, 0.25) is 0 Å². The molecule has 1 heterocycles. The summed E-state index contributed by atoms with van der Waals surface area (Å²) in [5.74, 6) is 0.168. The Hall–Kier alpha value is -1.72. The van der Waals surface area contributed by atoms with Gasteiger partial charge in [-0.05, 0) is 5.56 Å². The summed E-state index contributed by atoms with van der Waals surface area (Å²) in [5.41, 5.74) is 6.47. The van der Waals surface area contributed by atoms with Gasteiger partial charge >= 0.3 is 0 Å². The molecule has 0 amide bonds. The number of hydroxylamine groups is 4. The van der Waals surface area contributed by atoms with Crippen LogP contribution in [0.5, 0.6) is 0 Å². The molecule has 5 nitrogen and oxygen atoms in total. The monoisotopic (exact) mass is 193 g/mol. The summed E-state index contributed by atoms with van der Waals surface area (Å²) in [7, 11) is 0. The second kappa shape index (κ2) is 3.57. The summed E-state index contributed by atoms with van der Waals surface area (Å²) in [4.78, 5) is 4.88. The van der Waals surface area contributed by atoms with Gasteiger partial charge in [0.05, 0.1) is 12.7 Å². The molecule has 0 saturated heterocycles. The van der Waals surface area contributed by atoms with Crippen LogP contribution in [0, 0.1) is 0 Å². The zero-order valence-corrected chi connectivity index (χ0v) is 7.50. The van der Waals surface area contributed by atoms with Gasteiger partial charge in [0.25, 0.3) is 0 Å². The molecule has 1 aromatic rings. The third-order valence-corrected chi connectivity index (χ3v) is 1.86. The Morgan fingerprint density at radius 3 is 2.57 bits per heavy atom. The van der Waals surface area contributed by atoms with Crippen LogP contribution in [0.4, 0.5) is 0 Å². The van der Waals surface area contributed by atoms with Crippen molar-refractivity contribution in [3.8, 4) is 0 Å². The molecule has 0 spiro atoms. The van der Waals surface area contributed by atoms with Crippen molar-refractivity contribution in [3.63, 3.8) is 0 Å². The normalized spacial score (nSPS) is 15.9. The first-order chi connectivity index (χ1) is 6.75. The molecule has 0 aromatic heterocycles. The average Bonchev–Trinajstić information content (AvgIpc) is 2.47. The van der Waals surface area contributed by atoms with Gasteiger partial charge in [0, 0.05) is 0 Å². The highest BCUT2D eigenvalue weighted by atomic mass is 17.0. The standard InChI is InChI=1S/C9H11N3O2/c10-9-7-11(14-12(9)13)6-8-4-2-1-3-5-8/h1-5,7,13H,6,10H2. The molecule has 0 aliphatic carbocycles. The zero-order chi connectivity index (χ0) is 9.97. The lowest BCUT2D eigenvalue weighted by Gasteiger charge is -2.14. The first-order valence-electron chi connectivity index (χ1n) is 4.20. The van der Waals surface area contributed by atoms with E-state index in [-0.39, 0.29) is 5.82 Å². The van der Waals surface area contributed by atoms with Crippen molar-refractivity contribution in [2.75, 3.05) is 0 Å². The van der Waals surface area contributed by atoms with Crippen LogP contribution < -0.4 is 5.73 Å². The summed E-state index contributed by atoms with van der Waals surface area (Å²) in [6.45, 7) is 0.540. The van der Waals surface area contributed by atoms with E-state index < -0.39 is 0 Å². The predicted octanol–water partition coefficient (Wildman–Crippen LogP) is 0.798. The van der Waals surface area contributed by atoms with Crippen LogP contribution in [-0.4, -0.2) is 15.5 Å². The Morgan fingerprint density at radius 1 is 1.29 bits per heavy atom. The molecule has 0 bridgehead atoms. The van der Waals surface area contributed by atoms with Crippen LogP contribution in [0.3, 0.4) is 0 Å². The maximum Gasteiger partial charge on any atom is 0.176 e. The average molecular weight is 193 g/mol. The topological polar surface area (TPSA) is 62.0 Å². The quantitative estimate of drug-likeness (QED) is 0.727. The highest BCUT2D eigenvalue weighted by Crippen LogP contribution is 2.13. The minimum Gasteiger partial charge on any atom is -0.380 e. The SMILES string of the molecule is NC1=CN(Cc2ccccc2)ON1O. The van der Waals surface area contributed by atoms with Gasteiger partial charge in [-0.3, -0.25) is 5.21 Å². The fourth-order valence-corrected chi connectivity index (χ4v) is 1.20. The Labute approximate surface area is 81.5 Å². The van der Waals surface area contributed by atoms with Gasteiger partial charge in [-0.15, -0.1) is 4.94 Å². The van der Waals surface area contributed by atoms with Gasteiger partial charge in [0.2, 0.25) is 0 Å². The molecule has 0 saturated carbocycles. The van der Waals surface area contributed by atoms with Gasteiger partial charge in [0.1, 0.15) is 0 Å². The highest BCUT2D eigenvalue weighted by Gasteiger charge is 2.18. The van der Waals surface area contributed by atoms with Gasteiger partial charge < -0.3 is 5.73 Å². The van der Waals surface area contributed by atoms with Crippen molar-refractivity contribution in [2.45, 2.75) is 6.54 Å². The van der Waals surface area contributed by atoms with E-state index in [1.54, 1.807) is 0 Å². The van der Waals surface area contributed by atoms with Crippen molar-refractivity contribution >= 4 is 0 Å². The maximum atomic E-state index is 9.02. The smallest absolute Gasteiger partial charge is 0.176 e. The molecular weight excluding hydrogens is 182 g/mol. The van der Waals surface area contributed by atoms with Crippen LogP contribution in [0.15, 0.2) is 42.4 Å². The fraction of sp³-hybridized carbons (Fsp3) is 0.111. The molecule has 0 unspecified atom stereocenters. The van der Waals surface area contributed by atoms with Crippen molar-refractivity contribution < 1.29 is 10.1 Å². The van der Waals surface area contributed by atoms with E-state index in [9.17, 15) is 0 Å². The van der Waals surface area contributed by atoms with Crippen molar-refractivity contribution in [1.29, 1.82) is 0 Å². The molecular formula is C9H11N3O2. The summed E-state index contributed by atoms with van der Waals surface area (Å²) >= 11 is 0. The molecule has 5 heteroatoms. The Kier molecular flexibility index (Phi) is 2.26. The van der Waals surface area contributed by atoms with E-state index in [1.165, 1.54) is 11.3 Å². The zero-order valence-electron chi connectivity index (χ0n) is 7.50. The van der Waals surface area contributed by atoms with Crippen molar-refractivity contribution in [2.24, 2.45) is 5.73 Å². The maximum absolute atomic E-state index is 9.02. The molecule has 74 valence electrons. The minimum atomic E-state index is 0.168. The lowest BCUT2D eigenvalue weighted by Crippen LogP contribution is -2.22. The Bertz CT molecular complexity index is 339. The summed E-state index contributed by atoms with van der Waals surface area (Å²) < 4.78 is 0. The van der Waals surface area contributed by atoms with E-state index in [2.05, 4.69) is 0 Å². The molecule has 3 N–H and O–H groups in total. The van der Waals surface area contributed by atoms with E-state index >= 15 is 0 Å². The summed E-state index contributed by atoms with van der Waals surface area (Å²) in [5, 5.41) is 11.0. The van der Waals surface area contributed by atoms with Gasteiger partial charge in [0.15, 0.2) is 5.82 Å². The van der Waals surface area contributed by atoms with E-state index in [0.29, 0.717) is 11.8 Å². The number of hydrogen-bond donors (Lipinski definition) is 2. The van der Waals surface area contributed by atoms with E-state index in [1.807, 2.05) is 30.3 Å². The van der Waals surface area contributed by atoms with E-state index in [0.717, 1.165) is 5.56 Å². The molecule has 14 heavy (non-hydrogen) atoms. The minimum absolute atomic E-state index is 0.168. The van der Waals surface area contributed by atoms with E-state index in [4.69, 9.17) is 15.9 Å². The predicted molar refractivity (Wildman–Crippen MR) is 49.0 cm³/mol. The number of benzene rings is 1. The molecule has 0 fully saturated rings. The Morgan fingerprint density at radius 2 is 2.00 bits per heavy atom. The lowest BCUT2D eigenvalue weighted by atomic mass is 10.2. The summed E-state index contributed by atoms with van der Waals surface area (Å²) in [6.07, 6.45) is 1.52. The first kappa shape index (κ1) is 8.86. The first-order valence-corrected chi connectivity index (χ1v) is 4.20. The second-order valence-electron chi connectivity index (χ2n) is 2.97. The number of hydrogen-bond acceptors (Lipinski definition) is 5. The molecule has 1 aromatic carbocycles. The molecule has 0 radical (unpaired) electrons.